The summed E-state index contributed by atoms with van der Waals surface area (Å²) in [5, 5.41) is 1.00. The molecule has 0 amide bonds. The molecule has 0 aromatic carbocycles. The quantitative estimate of drug-likeness (QED) is 0.275. The number of thiophene rings is 1. The molecule has 0 bridgehead atoms. The highest BCUT2D eigenvalue weighted by atomic mass is 32.2. The SMILES string of the molecule is CCCn1c(SCC(=O)c2c(N)n(CC(C)C)c(=O)[nH]c2=O)nc2sc(CC)cc2c1=O. The maximum Gasteiger partial charge on any atom is 0.329 e. The minimum absolute atomic E-state index is 0.0939. The van der Waals surface area contributed by atoms with Crippen molar-refractivity contribution in [3.8, 4) is 0 Å². The normalized spacial score (nSPS) is 11.5. The number of nitrogens with one attached hydrogen (secondary N) is 1. The Morgan fingerprint density at radius 1 is 1.25 bits per heavy atom. The molecule has 3 rings (SSSR count). The summed E-state index contributed by atoms with van der Waals surface area (Å²) >= 11 is 2.55. The summed E-state index contributed by atoms with van der Waals surface area (Å²) < 4.78 is 2.78. The number of aromatic nitrogens is 4. The zero-order valence-electron chi connectivity index (χ0n) is 18.6. The molecule has 3 N–H and O–H groups in total. The number of nitrogens with two attached hydrogens (primary N) is 1. The van der Waals surface area contributed by atoms with E-state index in [9.17, 15) is 19.2 Å². The minimum atomic E-state index is -0.807. The summed E-state index contributed by atoms with van der Waals surface area (Å²) in [5.74, 6) is -0.709. The summed E-state index contributed by atoms with van der Waals surface area (Å²) in [6, 6.07) is 1.87. The topological polar surface area (TPSA) is 133 Å². The van der Waals surface area contributed by atoms with Gasteiger partial charge in [-0.25, -0.2) is 9.78 Å². The van der Waals surface area contributed by atoms with Gasteiger partial charge in [0.15, 0.2) is 10.9 Å². The Labute approximate surface area is 192 Å². The van der Waals surface area contributed by atoms with Gasteiger partial charge < -0.3 is 5.73 Å². The number of hydrogen-bond acceptors (Lipinski definition) is 8. The number of aromatic amines is 1. The van der Waals surface area contributed by atoms with Crippen molar-refractivity contribution in [2.45, 2.75) is 58.8 Å². The Balaban J connectivity index is 1.97. The van der Waals surface area contributed by atoms with Crippen LogP contribution in [-0.4, -0.2) is 30.6 Å². The molecule has 9 nitrogen and oxygen atoms in total. The van der Waals surface area contributed by atoms with Crippen molar-refractivity contribution in [2.75, 3.05) is 11.5 Å². The molecule has 0 fully saturated rings. The van der Waals surface area contributed by atoms with E-state index in [1.54, 1.807) is 4.57 Å². The van der Waals surface area contributed by atoms with Gasteiger partial charge in [0.05, 0.1) is 11.1 Å². The van der Waals surface area contributed by atoms with Gasteiger partial charge in [-0.3, -0.25) is 28.5 Å². The molecule has 0 aliphatic rings. The number of anilines is 1. The molecule has 11 heteroatoms. The second-order valence-electron chi connectivity index (χ2n) is 7.87. The molecular formula is C21H27N5O4S2. The van der Waals surface area contributed by atoms with Crippen LogP contribution in [-0.2, 0) is 19.5 Å². The minimum Gasteiger partial charge on any atom is -0.384 e. The van der Waals surface area contributed by atoms with Crippen molar-refractivity contribution in [1.82, 2.24) is 19.1 Å². The van der Waals surface area contributed by atoms with E-state index in [0.717, 1.165) is 29.5 Å². The van der Waals surface area contributed by atoms with Gasteiger partial charge in [0.1, 0.15) is 16.2 Å². The number of nitrogens with zero attached hydrogens (tertiary/aromatic N) is 3. The lowest BCUT2D eigenvalue weighted by atomic mass is 10.2. The molecule has 32 heavy (non-hydrogen) atoms. The number of hydrogen-bond donors (Lipinski definition) is 2. The number of ketones is 1. The highest BCUT2D eigenvalue weighted by Gasteiger charge is 2.21. The summed E-state index contributed by atoms with van der Waals surface area (Å²) in [6.07, 6.45) is 1.54. The Morgan fingerprint density at radius 2 is 1.97 bits per heavy atom. The average Bonchev–Trinajstić information content (AvgIpc) is 3.15. The number of fused-ring (bicyclic) bond motifs is 1. The third kappa shape index (κ3) is 4.73. The molecule has 0 aliphatic heterocycles. The predicted molar refractivity (Wildman–Crippen MR) is 129 cm³/mol. The zero-order valence-corrected chi connectivity index (χ0v) is 20.2. The molecule has 0 spiro atoms. The lowest BCUT2D eigenvalue weighted by Gasteiger charge is -2.14. The predicted octanol–water partition coefficient (Wildman–Crippen LogP) is 2.49. The third-order valence-corrected chi connectivity index (χ3v) is 7.01. The first-order chi connectivity index (χ1) is 15.2. The van der Waals surface area contributed by atoms with Crippen LogP contribution in [0.4, 0.5) is 5.82 Å². The standard InChI is InChI=1S/C21H27N5O4S2/c1-5-7-25-19(29)13-8-12(6-2)32-18(13)24-21(25)31-10-14(27)15-16(22)26(9-11(3)4)20(30)23-17(15)28/h8,11H,5-7,9-10,22H2,1-4H3,(H,23,28,30). The molecule has 0 atom stereocenters. The maximum atomic E-state index is 13.0. The first-order valence-corrected chi connectivity index (χ1v) is 12.3. The van der Waals surface area contributed by atoms with E-state index in [2.05, 4.69) is 9.97 Å². The number of Topliss-reactive ketones (excluding diaryl/α,β-unsaturated/α-hetero) is 1. The van der Waals surface area contributed by atoms with Gasteiger partial charge in [-0.05, 0) is 24.8 Å². The van der Waals surface area contributed by atoms with E-state index < -0.39 is 17.0 Å². The van der Waals surface area contributed by atoms with Crippen molar-refractivity contribution >= 4 is 44.9 Å². The maximum absolute atomic E-state index is 13.0. The van der Waals surface area contributed by atoms with Gasteiger partial charge in [0.2, 0.25) is 0 Å². The molecular weight excluding hydrogens is 450 g/mol. The van der Waals surface area contributed by atoms with Crippen LogP contribution in [0.25, 0.3) is 10.2 Å². The molecule has 0 unspecified atom stereocenters. The van der Waals surface area contributed by atoms with E-state index >= 15 is 0 Å². The Bertz CT molecular complexity index is 1330. The summed E-state index contributed by atoms with van der Waals surface area (Å²) in [4.78, 5) is 58.9. The number of thioether (sulfide) groups is 1. The lowest BCUT2D eigenvalue weighted by molar-refractivity contribution is 0.102. The number of rotatable bonds is 9. The Kier molecular flexibility index (Phi) is 7.40. The van der Waals surface area contributed by atoms with Gasteiger partial charge in [0.25, 0.3) is 11.1 Å². The van der Waals surface area contributed by atoms with Crippen LogP contribution in [0.3, 0.4) is 0 Å². The molecule has 0 radical (unpaired) electrons. The highest BCUT2D eigenvalue weighted by Crippen LogP contribution is 2.26. The van der Waals surface area contributed by atoms with Gasteiger partial charge in [-0.15, -0.1) is 11.3 Å². The number of H-pyrrole nitrogens is 1. The molecule has 0 saturated carbocycles. The number of carbonyl (C=O) groups is 1. The zero-order chi connectivity index (χ0) is 23.6. The van der Waals surface area contributed by atoms with E-state index in [1.807, 2.05) is 33.8 Å². The largest absolute Gasteiger partial charge is 0.384 e. The van der Waals surface area contributed by atoms with Gasteiger partial charge >= 0.3 is 5.69 Å². The van der Waals surface area contributed by atoms with Crippen LogP contribution in [0, 0.1) is 5.92 Å². The van der Waals surface area contributed by atoms with Crippen molar-refractivity contribution in [3.05, 3.63) is 47.7 Å². The van der Waals surface area contributed by atoms with Gasteiger partial charge in [-0.2, -0.15) is 0 Å². The second kappa shape index (κ2) is 9.86. The van der Waals surface area contributed by atoms with Gasteiger partial charge in [-0.1, -0.05) is 39.5 Å². The smallest absolute Gasteiger partial charge is 0.329 e. The van der Waals surface area contributed by atoms with Crippen molar-refractivity contribution in [3.63, 3.8) is 0 Å². The average molecular weight is 478 g/mol. The van der Waals surface area contributed by atoms with Crippen LogP contribution >= 0.6 is 23.1 Å². The fraction of sp³-hybridized carbons (Fsp3) is 0.476. The molecule has 172 valence electrons. The summed E-state index contributed by atoms with van der Waals surface area (Å²) in [5.41, 5.74) is 4.22. The first kappa shape index (κ1) is 24.0. The van der Waals surface area contributed by atoms with E-state index in [0.29, 0.717) is 21.9 Å². The first-order valence-electron chi connectivity index (χ1n) is 10.5. The Morgan fingerprint density at radius 3 is 2.59 bits per heavy atom. The molecule has 0 saturated heterocycles. The summed E-state index contributed by atoms with van der Waals surface area (Å²) in [7, 11) is 0. The van der Waals surface area contributed by atoms with Crippen LogP contribution in [0.1, 0.15) is 49.4 Å². The van der Waals surface area contributed by atoms with Crippen LogP contribution in [0.2, 0.25) is 0 Å². The van der Waals surface area contributed by atoms with Crippen molar-refractivity contribution < 1.29 is 4.79 Å². The second-order valence-corrected chi connectivity index (χ2v) is 9.93. The fourth-order valence-corrected chi connectivity index (χ4v) is 5.26. The van der Waals surface area contributed by atoms with E-state index in [1.165, 1.54) is 15.9 Å². The Hall–Kier alpha value is -2.66. The monoisotopic (exact) mass is 477 g/mol. The van der Waals surface area contributed by atoms with Crippen LogP contribution in [0.15, 0.2) is 25.6 Å². The highest BCUT2D eigenvalue weighted by molar-refractivity contribution is 7.99. The summed E-state index contributed by atoms with van der Waals surface area (Å²) in [6.45, 7) is 8.53. The number of nitrogen functional groups attached to an aromatic ring is 1. The molecule has 3 aromatic rings. The van der Waals surface area contributed by atoms with E-state index in [-0.39, 0.29) is 35.2 Å². The third-order valence-electron chi connectivity index (χ3n) is 4.86. The van der Waals surface area contributed by atoms with Gasteiger partial charge in [0, 0.05) is 18.0 Å². The van der Waals surface area contributed by atoms with Crippen LogP contribution in [0.5, 0.6) is 0 Å². The fourth-order valence-electron chi connectivity index (χ4n) is 3.36. The van der Waals surface area contributed by atoms with Crippen molar-refractivity contribution in [2.24, 2.45) is 5.92 Å². The number of carbonyl (C=O) groups excluding carboxylic acids is 1. The molecule has 3 heterocycles. The lowest BCUT2D eigenvalue weighted by Crippen LogP contribution is -2.37. The van der Waals surface area contributed by atoms with Crippen molar-refractivity contribution in [1.29, 1.82) is 0 Å². The van der Waals surface area contributed by atoms with Crippen LogP contribution < -0.4 is 22.5 Å². The molecule has 3 aromatic heterocycles. The number of aryl methyl sites for hydroxylation is 1. The molecule has 0 aliphatic carbocycles. The van der Waals surface area contributed by atoms with E-state index in [4.69, 9.17) is 5.73 Å².